The van der Waals surface area contributed by atoms with E-state index in [9.17, 15) is 4.79 Å². The first kappa shape index (κ1) is 21.4. The number of amides is 1. The second kappa shape index (κ2) is 9.99. The van der Waals surface area contributed by atoms with E-state index < -0.39 is 6.10 Å². The molecule has 0 radical (unpaired) electrons. The normalized spacial score (nSPS) is 15.6. The summed E-state index contributed by atoms with van der Waals surface area (Å²) in [5.74, 6) is 0.535. The summed E-state index contributed by atoms with van der Waals surface area (Å²) < 4.78 is 5.84. The summed E-state index contributed by atoms with van der Waals surface area (Å²) in [6.45, 7) is 4.74. The van der Waals surface area contributed by atoms with Gasteiger partial charge in [-0.1, -0.05) is 84.4 Å². The molecule has 0 bridgehead atoms. The number of ether oxygens (including phenoxy) is 1. The molecule has 0 aromatic heterocycles. The summed E-state index contributed by atoms with van der Waals surface area (Å²) >= 11 is 6.17. The first-order chi connectivity index (χ1) is 15.1. The predicted molar refractivity (Wildman–Crippen MR) is 124 cm³/mol. The highest BCUT2D eigenvalue weighted by Gasteiger charge is 2.30. The molecule has 4 rings (SSSR count). The van der Waals surface area contributed by atoms with Crippen LogP contribution < -0.4 is 4.74 Å². The maximum absolute atomic E-state index is 13.0. The van der Waals surface area contributed by atoms with Crippen LogP contribution in [0.5, 0.6) is 5.75 Å². The van der Waals surface area contributed by atoms with Crippen molar-refractivity contribution in [3.8, 4) is 5.75 Å². The molecule has 4 nitrogen and oxygen atoms in total. The molecule has 1 heterocycles. The van der Waals surface area contributed by atoms with Crippen molar-refractivity contribution >= 4 is 17.5 Å². The molecule has 1 aliphatic rings. The van der Waals surface area contributed by atoms with Crippen molar-refractivity contribution < 1.29 is 9.53 Å². The van der Waals surface area contributed by atoms with Crippen LogP contribution in [0, 0.1) is 0 Å². The summed E-state index contributed by atoms with van der Waals surface area (Å²) in [5.41, 5.74) is 2.53. The van der Waals surface area contributed by atoms with E-state index in [0.29, 0.717) is 23.9 Å². The lowest BCUT2D eigenvalue weighted by atomic mass is 9.96. The maximum Gasteiger partial charge on any atom is 0.263 e. The van der Waals surface area contributed by atoms with E-state index in [1.807, 2.05) is 29.2 Å². The monoisotopic (exact) mass is 434 g/mol. The minimum atomic E-state index is -0.578. The van der Waals surface area contributed by atoms with Gasteiger partial charge >= 0.3 is 0 Å². The van der Waals surface area contributed by atoms with E-state index in [1.54, 1.807) is 19.1 Å². The molecule has 31 heavy (non-hydrogen) atoms. The summed E-state index contributed by atoms with van der Waals surface area (Å²) in [7, 11) is 0. The molecular formula is C26H27ClN2O2. The van der Waals surface area contributed by atoms with E-state index >= 15 is 0 Å². The molecule has 3 aromatic rings. The average molecular weight is 435 g/mol. The summed E-state index contributed by atoms with van der Waals surface area (Å²) in [4.78, 5) is 17.3. The second-order valence-corrected chi connectivity index (χ2v) is 8.18. The van der Waals surface area contributed by atoms with Gasteiger partial charge in [-0.15, -0.1) is 0 Å². The Morgan fingerprint density at radius 2 is 1.32 bits per heavy atom. The SMILES string of the molecule is C[C@@H](Oc1ccccc1Cl)C(=O)N1CCN(C(c2ccccc2)c2ccccc2)CC1. The molecule has 1 aliphatic heterocycles. The number of hydrogen-bond donors (Lipinski definition) is 0. The van der Waals surface area contributed by atoms with Crippen molar-refractivity contribution in [1.82, 2.24) is 9.80 Å². The number of piperazine rings is 1. The Kier molecular flexibility index (Phi) is 6.90. The molecule has 0 unspecified atom stereocenters. The molecule has 160 valence electrons. The number of para-hydroxylation sites is 1. The van der Waals surface area contributed by atoms with Crippen molar-refractivity contribution in [2.45, 2.75) is 19.1 Å². The zero-order valence-corrected chi connectivity index (χ0v) is 18.4. The Morgan fingerprint density at radius 1 is 0.806 bits per heavy atom. The average Bonchev–Trinajstić information content (AvgIpc) is 2.82. The van der Waals surface area contributed by atoms with Gasteiger partial charge in [0.05, 0.1) is 11.1 Å². The van der Waals surface area contributed by atoms with Crippen LogP contribution in [-0.2, 0) is 4.79 Å². The van der Waals surface area contributed by atoms with Crippen LogP contribution in [0.25, 0.3) is 0 Å². The number of halogens is 1. The van der Waals surface area contributed by atoms with Crippen molar-refractivity contribution in [3.05, 3.63) is 101 Å². The Balaban J connectivity index is 1.43. The van der Waals surface area contributed by atoms with E-state index in [0.717, 1.165) is 13.1 Å². The zero-order valence-electron chi connectivity index (χ0n) is 17.7. The van der Waals surface area contributed by atoms with Crippen LogP contribution in [0.2, 0.25) is 5.02 Å². The lowest BCUT2D eigenvalue weighted by Crippen LogP contribution is -2.52. The smallest absolute Gasteiger partial charge is 0.263 e. The minimum absolute atomic E-state index is 0.00413. The van der Waals surface area contributed by atoms with E-state index in [4.69, 9.17) is 16.3 Å². The molecule has 0 spiro atoms. The Morgan fingerprint density at radius 3 is 1.87 bits per heavy atom. The van der Waals surface area contributed by atoms with Crippen LogP contribution in [0.1, 0.15) is 24.1 Å². The molecular weight excluding hydrogens is 408 g/mol. The van der Waals surface area contributed by atoms with Crippen LogP contribution in [0.4, 0.5) is 0 Å². The van der Waals surface area contributed by atoms with Crippen molar-refractivity contribution in [2.24, 2.45) is 0 Å². The lowest BCUT2D eigenvalue weighted by Gasteiger charge is -2.40. The third-order valence-corrected chi connectivity index (χ3v) is 6.02. The molecule has 3 aromatic carbocycles. The fourth-order valence-corrected chi connectivity index (χ4v) is 4.30. The molecule has 1 saturated heterocycles. The Bertz CT molecular complexity index is 949. The Labute approximate surface area is 189 Å². The van der Waals surface area contributed by atoms with Gasteiger partial charge in [0.1, 0.15) is 5.75 Å². The van der Waals surface area contributed by atoms with Crippen LogP contribution in [0.15, 0.2) is 84.9 Å². The quantitative estimate of drug-likeness (QED) is 0.544. The third kappa shape index (κ3) is 5.09. The van der Waals surface area contributed by atoms with Gasteiger partial charge in [0.2, 0.25) is 0 Å². The maximum atomic E-state index is 13.0. The molecule has 1 amide bonds. The number of nitrogens with zero attached hydrogens (tertiary/aromatic N) is 2. The van der Waals surface area contributed by atoms with Crippen LogP contribution in [0.3, 0.4) is 0 Å². The van der Waals surface area contributed by atoms with Crippen molar-refractivity contribution in [1.29, 1.82) is 0 Å². The second-order valence-electron chi connectivity index (χ2n) is 7.78. The Hall–Kier alpha value is -2.82. The van der Waals surface area contributed by atoms with Gasteiger partial charge in [0.15, 0.2) is 6.10 Å². The highest BCUT2D eigenvalue weighted by Crippen LogP contribution is 2.30. The van der Waals surface area contributed by atoms with Crippen molar-refractivity contribution in [3.63, 3.8) is 0 Å². The number of carbonyl (C=O) groups excluding carboxylic acids is 1. The van der Waals surface area contributed by atoms with Gasteiger partial charge in [-0.05, 0) is 30.2 Å². The number of benzene rings is 3. The topological polar surface area (TPSA) is 32.8 Å². The van der Waals surface area contributed by atoms with Crippen LogP contribution >= 0.6 is 11.6 Å². The highest BCUT2D eigenvalue weighted by atomic mass is 35.5. The molecule has 1 atom stereocenters. The lowest BCUT2D eigenvalue weighted by molar-refractivity contribution is -0.140. The fourth-order valence-electron chi connectivity index (χ4n) is 4.12. The van der Waals surface area contributed by atoms with Gasteiger partial charge < -0.3 is 9.64 Å². The highest BCUT2D eigenvalue weighted by molar-refractivity contribution is 6.32. The molecule has 0 saturated carbocycles. The zero-order chi connectivity index (χ0) is 21.6. The first-order valence-corrected chi connectivity index (χ1v) is 11.0. The number of hydrogen-bond acceptors (Lipinski definition) is 3. The summed E-state index contributed by atoms with van der Waals surface area (Å²) in [6, 6.07) is 28.5. The number of rotatable bonds is 6. The molecule has 5 heteroatoms. The van der Waals surface area contributed by atoms with E-state index in [1.165, 1.54) is 11.1 Å². The van der Waals surface area contributed by atoms with Gasteiger partial charge in [0, 0.05) is 26.2 Å². The fraction of sp³-hybridized carbons (Fsp3) is 0.269. The number of carbonyl (C=O) groups is 1. The third-order valence-electron chi connectivity index (χ3n) is 5.71. The van der Waals surface area contributed by atoms with Gasteiger partial charge in [0.25, 0.3) is 5.91 Å². The van der Waals surface area contributed by atoms with Crippen molar-refractivity contribution in [2.75, 3.05) is 26.2 Å². The molecule has 1 fully saturated rings. The van der Waals surface area contributed by atoms with Crippen LogP contribution in [-0.4, -0.2) is 48.0 Å². The largest absolute Gasteiger partial charge is 0.479 e. The molecule has 0 aliphatic carbocycles. The first-order valence-electron chi connectivity index (χ1n) is 10.7. The molecule has 0 N–H and O–H groups in total. The summed E-state index contributed by atoms with van der Waals surface area (Å²) in [5, 5.41) is 0.514. The van der Waals surface area contributed by atoms with Gasteiger partial charge in [-0.3, -0.25) is 9.69 Å². The summed E-state index contributed by atoms with van der Waals surface area (Å²) in [6.07, 6.45) is -0.578. The standard InChI is InChI=1S/C26H27ClN2O2/c1-20(31-24-15-9-8-14-23(24)27)26(30)29-18-16-28(17-19-29)25(21-10-4-2-5-11-21)22-12-6-3-7-13-22/h2-15,20,25H,16-19H2,1H3/t20-/m1/s1. The van der Waals surface area contributed by atoms with E-state index in [-0.39, 0.29) is 11.9 Å². The van der Waals surface area contributed by atoms with E-state index in [2.05, 4.69) is 53.4 Å². The van der Waals surface area contributed by atoms with Gasteiger partial charge in [-0.2, -0.15) is 0 Å². The predicted octanol–water partition coefficient (Wildman–Crippen LogP) is 5.04. The van der Waals surface area contributed by atoms with Gasteiger partial charge in [-0.25, -0.2) is 0 Å². The minimum Gasteiger partial charge on any atom is -0.479 e.